The Balaban J connectivity index is 1.97. The third-order valence-electron chi connectivity index (χ3n) is 3.82. The predicted octanol–water partition coefficient (Wildman–Crippen LogP) is 1.49. The molecule has 0 bridgehead atoms. The minimum atomic E-state index is -4.00. The van der Waals surface area contributed by atoms with Gasteiger partial charge in [-0.2, -0.15) is 4.72 Å². The van der Waals surface area contributed by atoms with Gasteiger partial charge in [0, 0.05) is 5.92 Å². The number of sulfonamides is 1. The fourth-order valence-corrected chi connectivity index (χ4v) is 3.64. The maximum atomic E-state index is 12.4. The molecule has 1 aliphatic carbocycles. The molecule has 9 heteroatoms. The molecule has 2 heterocycles. The van der Waals surface area contributed by atoms with E-state index in [1.807, 2.05) is 0 Å². The monoisotopic (exact) mass is 339 g/mol. The second kappa shape index (κ2) is 5.57. The van der Waals surface area contributed by atoms with Gasteiger partial charge in [-0.15, -0.1) is 0 Å². The van der Waals surface area contributed by atoms with Crippen LogP contribution in [0.1, 0.15) is 38.3 Å². The molecule has 1 atom stereocenters. The van der Waals surface area contributed by atoms with Crippen LogP contribution in [0, 0.1) is 5.92 Å². The molecule has 0 amide bonds. The van der Waals surface area contributed by atoms with Crippen molar-refractivity contribution in [3.63, 3.8) is 0 Å². The number of pyridine rings is 1. The van der Waals surface area contributed by atoms with Crippen LogP contribution in [0.4, 0.5) is 0 Å². The largest absolute Gasteiger partial charge is 0.480 e. The molecule has 0 spiro atoms. The van der Waals surface area contributed by atoms with Crippen molar-refractivity contribution in [1.82, 2.24) is 14.9 Å². The smallest absolute Gasteiger partial charge is 0.322 e. The molecule has 2 aromatic rings. The van der Waals surface area contributed by atoms with Crippen LogP contribution < -0.4 is 4.72 Å². The van der Waals surface area contributed by atoms with E-state index in [1.54, 1.807) is 13.8 Å². The Morgan fingerprint density at radius 1 is 1.43 bits per heavy atom. The summed E-state index contributed by atoms with van der Waals surface area (Å²) in [6, 6.07) is 0.231. The third-order valence-corrected chi connectivity index (χ3v) is 5.23. The third kappa shape index (κ3) is 3.06. The standard InChI is InChI=1S/C14H17N3O5S/c1-7(2)11(14(18)19)17-23(20,21)9-5-10-12(8-3-4-8)16-22-13(10)15-6-9/h5-8,11,17H,3-4H2,1-2H3,(H,18,19)/t11-/m0/s1. The molecule has 2 N–H and O–H groups in total. The van der Waals surface area contributed by atoms with Crippen LogP contribution in [0.15, 0.2) is 21.7 Å². The highest BCUT2D eigenvalue weighted by Gasteiger charge is 2.32. The lowest BCUT2D eigenvalue weighted by molar-refractivity contribution is -0.140. The van der Waals surface area contributed by atoms with Crippen molar-refractivity contribution in [2.45, 2.75) is 43.5 Å². The first-order valence-corrected chi connectivity index (χ1v) is 8.78. The first-order valence-electron chi connectivity index (χ1n) is 7.30. The Morgan fingerprint density at radius 2 is 2.13 bits per heavy atom. The van der Waals surface area contributed by atoms with Crippen LogP contribution in [0.25, 0.3) is 11.1 Å². The number of rotatable bonds is 6. The van der Waals surface area contributed by atoms with Crippen LogP contribution in [-0.4, -0.2) is 35.7 Å². The zero-order valence-electron chi connectivity index (χ0n) is 12.7. The highest BCUT2D eigenvalue weighted by molar-refractivity contribution is 7.89. The average Bonchev–Trinajstić information content (AvgIpc) is 3.23. The molecule has 0 unspecified atom stereocenters. The molecular weight excluding hydrogens is 322 g/mol. The molecule has 0 aliphatic heterocycles. The minimum absolute atomic E-state index is 0.0954. The Bertz CT molecular complexity index is 854. The fraction of sp³-hybridized carbons (Fsp3) is 0.500. The second-order valence-electron chi connectivity index (χ2n) is 6.05. The Hall–Kier alpha value is -2.00. The molecule has 0 radical (unpaired) electrons. The zero-order chi connectivity index (χ0) is 16.8. The van der Waals surface area contributed by atoms with Gasteiger partial charge in [-0.25, -0.2) is 13.4 Å². The lowest BCUT2D eigenvalue weighted by atomic mass is 10.1. The van der Waals surface area contributed by atoms with Crippen molar-refractivity contribution in [3.8, 4) is 0 Å². The molecule has 0 saturated heterocycles. The highest BCUT2D eigenvalue weighted by Crippen LogP contribution is 2.42. The Kier molecular flexibility index (Phi) is 3.85. The van der Waals surface area contributed by atoms with Gasteiger partial charge in [-0.05, 0) is 24.8 Å². The Labute approximate surface area is 132 Å². The summed E-state index contributed by atoms with van der Waals surface area (Å²) in [4.78, 5) is 15.1. The predicted molar refractivity (Wildman–Crippen MR) is 80.4 cm³/mol. The van der Waals surface area contributed by atoms with Gasteiger partial charge in [0.1, 0.15) is 10.9 Å². The van der Waals surface area contributed by atoms with Gasteiger partial charge in [0.15, 0.2) is 0 Å². The Morgan fingerprint density at radius 3 is 2.70 bits per heavy atom. The summed E-state index contributed by atoms with van der Waals surface area (Å²) in [5.41, 5.74) is 0.993. The summed E-state index contributed by atoms with van der Waals surface area (Å²) in [5.74, 6) is -1.33. The number of aromatic nitrogens is 2. The van der Waals surface area contributed by atoms with Crippen molar-refractivity contribution in [1.29, 1.82) is 0 Å². The van der Waals surface area contributed by atoms with Crippen LogP contribution in [0.2, 0.25) is 0 Å². The maximum Gasteiger partial charge on any atom is 0.322 e. The summed E-state index contributed by atoms with van der Waals surface area (Å²) in [5, 5.41) is 13.7. The average molecular weight is 339 g/mol. The van der Waals surface area contributed by atoms with Crippen LogP contribution in [-0.2, 0) is 14.8 Å². The van der Waals surface area contributed by atoms with Gasteiger partial charge in [0.25, 0.3) is 5.71 Å². The molecule has 23 heavy (non-hydrogen) atoms. The van der Waals surface area contributed by atoms with Gasteiger partial charge >= 0.3 is 5.97 Å². The van der Waals surface area contributed by atoms with E-state index in [2.05, 4.69) is 14.9 Å². The van der Waals surface area contributed by atoms with Gasteiger partial charge in [0.2, 0.25) is 10.0 Å². The van der Waals surface area contributed by atoms with E-state index in [9.17, 15) is 13.2 Å². The van der Waals surface area contributed by atoms with Crippen molar-refractivity contribution in [2.24, 2.45) is 5.92 Å². The summed E-state index contributed by atoms with van der Waals surface area (Å²) < 4.78 is 32.2. The topological polar surface area (TPSA) is 122 Å². The molecule has 0 aromatic carbocycles. The molecule has 1 aliphatic rings. The summed E-state index contributed by atoms with van der Waals surface area (Å²) >= 11 is 0. The molecule has 1 saturated carbocycles. The first kappa shape index (κ1) is 15.9. The zero-order valence-corrected chi connectivity index (χ0v) is 13.5. The minimum Gasteiger partial charge on any atom is -0.480 e. The summed E-state index contributed by atoms with van der Waals surface area (Å²) in [7, 11) is -4.00. The van der Waals surface area contributed by atoms with E-state index in [4.69, 9.17) is 9.63 Å². The number of aliphatic carboxylic acids is 1. The van der Waals surface area contributed by atoms with Crippen molar-refractivity contribution >= 4 is 27.1 Å². The maximum absolute atomic E-state index is 12.4. The van der Waals surface area contributed by atoms with Gasteiger partial charge in [0.05, 0.1) is 17.3 Å². The van der Waals surface area contributed by atoms with E-state index in [0.29, 0.717) is 11.1 Å². The lowest BCUT2D eigenvalue weighted by Crippen LogP contribution is -2.44. The van der Waals surface area contributed by atoms with Gasteiger partial charge in [-0.1, -0.05) is 19.0 Å². The van der Waals surface area contributed by atoms with E-state index in [-0.39, 0.29) is 16.5 Å². The fourth-order valence-electron chi connectivity index (χ4n) is 2.34. The van der Waals surface area contributed by atoms with Crippen molar-refractivity contribution < 1.29 is 22.8 Å². The normalized spacial score (nSPS) is 16.8. The van der Waals surface area contributed by atoms with E-state index in [1.165, 1.54) is 6.07 Å². The molecule has 3 rings (SSSR count). The number of carboxylic acids is 1. The van der Waals surface area contributed by atoms with E-state index < -0.39 is 28.0 Å². The number of nitrogens with zero attached hydrogens (tertiary/aromatic N) is 2. The van der Waals surface area contributed by atoms with Crippen LogP contribution in [0.5, 0.6) is 0 Å². The number of nitrogens with one attached hydrogen (secondary N) is 1. The molecule has 124 valence electrons. The van der Waals surface area contributed by atoms with E-state index in [0.717, 1.165) is 19.0 Å². The number of hydrogen-bond acceptors (Lipinski definition) is 6. The number of carboxylic acid groups (broad SMARTS) is 1. The van der Waals surface area contributed by atoms with Crippen LogP contribution >= 0.6 is 0 Å². The lowest BCUT2D eigenvalue weighted by Gasteiger charge is -2.17. The molecule has 8 nitrogen and oxygen atoms in total. The molecule has 2 aromatic heterocycles. The summed E-state index contributed by atoms with van der Waals surface area (Å²) in [6.07, 6.45) is 3.13. The van der Waals surface area contributed by atoms with Gasteiger partial charge in [-0.3, -0.25) is 4.79 Å². The number of carbonyl (C=O) groups is 1. The molecular formula is C14H17N3O5S. The number of fused-ring (bicyclic) bond motifs is 1. The van der Waals surface area contributed by atoms with Crippen LogP contribution in [0.3, 0.4) is 0 Å². The van der Waals surface area contributed by atoms with Gasteiger partial charge < -0.3 is 9.63 Å². The molecule has 1 fully saturated rings. The summed E-state index contributed by atoms with van der Waals surface area (Å²) in [6.45, 7) is 3.27. The first-order chi connectivity index (χ1) is 10.8. The SMILES string of the molecule is CC(C)[C@H](NS(=O)(=O)c1cnc2onc(C3CC3)c2c1)C(=O)O. The quantitative estimate of drug-likeness (QED) is 0.817. The van der Waals surface area contributed by atoms with E-state index >= 15 is 0 Å². The second-order valence-corrected chi connectivity index (χ2v) is 7.76. The highest BCUT2D eigenvalue weighted by atomic mass is 32.2. The van der Waals surface area contributed by atoms with Crippen molar-refractivity contribution in [3.05, 3.63) is 18.0 Å². The van der Waals surface area contributed by atoms with Crippen molar-refractivity contribution in [2.75, 3.05) is 0 Å². The number of hydrogen-bond donors (Lipinski definition) is 2.